The molecule has 0 bridgehead atoms. The molecule has 1 unspecified atom stereocenters. The Hall–Kier alpha value is -1.39. The van der Waals surface area contributed by atoms with E-state index in [1.54, 1.807) is 7.11 Å². The fraction of sp³-hybridized carbons (Fsp3) is 0.364. The minimum absolute atomic E-state index is 0.303. The predicted octanol–water partition coefficient (Wildman–Crippen LogP) is 1.78. The fourth-order valence-corrected chi connectivity index (χ4v) is 1.46. The molecule has 80 valence electrons. The predicted molar refractivity (Wildman–Crippen MR) is 57.6 cm³/mol. The number of rotatable bonds is 3. The molecule has 0 saturated carbocycles. The van der Waals surface area contributed by atoms with Crippen LogP contribution in [0.4, 0.5) is 0 Å². The first-order chi connectivity index (χ1) is 7.20. The highest BCUT2D eigenvalue weighted by Gasteiger charge is 2.13. The third-order valence-corrected chi connectivity index (χ3v) is 2.22. The SMILES string of the molecule is COCC(N)c1nc2ccc(C)cc2o1. The molecular weight excluding hydrogens is 192 g/mol. The molecule has 2 aromatic rings. The fourth-order valence-electron chi connectivity index (χ4n) is 1.46. The minimum atomic E-state index is -0.303. The molecule has 0 aliphatic rings. The summed E-state index contributed by atoms with van der Waals surface area (Å²) >= 11 is 0. The Labute approximate surface area is 88.0 Å². The Kier molecular flexibility index (Phi) is 2.70. The van der Waals surface area contributed by atoms with Crippen molar-refractivity contribution in [2.45, 2.75) is 13.0 Å². The van der Waals surface area contributed by atoms with Crippen LogP contribution in [0.5, 0.6) is 0 Å². The second-order valence-electron chi connectivity index (χ2n) is 3.59. The first-order valence-corrected chi connectivity index (χ1v) is 4.82. The number of fused-ring (bicyclic) bond motifs is 1. The van der Waals surface area contributed by atoms with Gasteiger partial charge in [0.05, 0.1) is 6.61 Å². The molecule has 15 heavy (non-hydrogen) atoms. The van der Waals surface area contributed by atoms with Gasteiger partial charge in [0.1, 0.15) is 11.6 Å². The zero-order valence-corrected chi connectivity index (χ0v) is 8.86. The van der Waals surface area contributed by atoms with Crippen LogP contribution in [0.1, 0.15) is 17.5 Å². The number of hydrogen-bond acceptors (Lipinski definition) is 4. The van der Waals surface area contributed by atoms with Gasteiger partial charge in [-0.2, -0.15) is 0 Å². The van der Waals surface area contributed by atoms with Crippen molar-refractivity contribution in [1.82, 2.24) is 4.98 Å². The standard InChI is InChI=1S/C11H14N2O2/c1-7-3-4-9-10(5-7)15-11(13-9)8(12)6-14-2/h3-5,8H,6,12H2,1-2H3. The lowest BCUT2D eigenvalue weighted by Gasteiger charge is -2.03. The molecule has 1 heterocycles. The quantitative estimate of drug-likeness (QED) is 0.831. The van der Waals surface area contributed by atoms with Gasteiger partial charge < -0.3 is 14.9 Å². The van der Waals surface area contributed by atoms with Gasteiger partial charge in [-0.1, -0.05) is 6.07 Å². The zero-order chi connectivity index (χ0) is 10.8. The van der Waals surface area contributed by atoms with Crippen LogP contribution in [0.25, 0.3) is 11.1 Å². The normalized spacial score (nSPS) is 13.3. The summed E-state index contributed by atoms with van der Waals surface area (Å²) in [6.07, 6.45) is 0. The van der Waals surface area contributed by atoms with Gasteiger partial charge in [-0.15, -0.1) is 0 Å². The highest BCUT2D eigenvalue weighted by molar-refractivity contribution is 5.73. The van der Waals surface area contributed by atoms with Gasteiger partial charge in [-0.3, -0.25) is 0 Å². The highest BCUT2D eigenvalue weighted by Crippen LogP contribution is 2.20. The van der Waals surface area contributed by atoms with Crippen LogP contribution in [0.2, 0.25) is 0 Å². The van der Waals surface area contributed by atoms with E-state index in [4.69, 9.17) is 14.9 Å². The zero-order valence-electron chi connectivity index (χ0n) is 8.86. The molecule has 0 fully saturated rings. The van der Waals surface area contributed by atoms with Gasteiger partial charge in [0, 0.05) is 7.11 Å². The summed E-state index contributed by atoms with van der Waals surface area (Å²) in [6, 6.07) is 5.57. The Balaban J connectivity index is 2.38. The molecule has 1 aromatic heterocycles. The maximum Gasteiger partial charge on any atom is 0.214 e. The van der Waals surface area contributed by atoms with E-state index in [1.807, 2.05) is 25.1 Å². The summed E-state index contributed by atoms with van der Waals surface area (Å²) < 4.78 is 10.5. The molecular formula is C11H14N2O2. The van der Waals surface area contributed by atoms with Crippen molar-refractivity contribution in [2.75, 3.05) is 13.7 Å². The van der Waals surface area contributed by atoms with E-state index < -0.39 is 0 Å². The summed E-state index contributed by atoms with van der Waals surface area (Å²) in [5, 5.41) is 0. The number of nitrogens with zero attached hydrogens (tertiary/aromatic N) is 1. The van der Waals surface area contributed by atoms with Gasteiger partial charge in [0.15, 0.2) is 5.58 Å². The Morgan fingerprint density at radius 1 is 1.53 bits per heavy atom. The van der Waals surface area contributed by atoms with Gasteiger partial charge in [0.2, 0.25) is 5.89 Å². The number of ether oxygens (including phenoxy) is 1. The van der Waals surface area contributed by atoms with E-state index in [9.17, 15) is 0 Å². The van der Waals surface area contributed by atoms with E-state index in [2.05, 4.69) is 4.98 Å². The molecule has 2 N–H and O–H groups in total. The molecule has 0 aliphatic carbocycles. The van der Waals surface area contributed by atoms with E-state index in [1.165, 1.54) is 0 Å². The average Bonchev–Trinajstić information content (AvgIpc) is 2.60. The maximum absolute atomic E-state index is 5.83. The molecule has 0 radical (unpaired) electrons. The van der Waals surface area contributed by atoms with Gasteiger partial charge >= 0.3 is 0 Å². The number of oxazole rings is 1. The van der Waals surface area contributed by atoms with E-state index in [0.717, 1.165) is 16.7 Å². The topological polar surface area (TPSA) is 61.3 Å². The van der Waals surface area contributed by atoms with Crippen LogP contribution in [0.3, 0.4) is 0 Å². The summed E-state index contributed by atoms with van der Waals surface area (Å²) in [4.78, 5) is 4.30. The lowest BCUT2D eigenvalue weighted by atomic mass is 10.2. The second kappa shape index (κ2) is 4.00. The number of methoxy groups -OCH3 is 1. The van der Waals surface area contributed by atoms with Crippen molar-refractivity contribution in [3.8, 4) is 0 Å². The number of aryl methyl sites for hydroxylation is 1. The number of benzene rings is 1. The number of hydrogen-bond donors (Lipinski definition) is 1. The molecule has 1 atom stereocenters. The summed E-state index contributed by atoms with van der Waals surface area (Å²) in [7, 11) is 1.60. The lowest BCUT2D eigenvalue weighted by molar-refractivity contribution is 0.171. The maximum atomic E-state index is 5.83. The highest BCUT2D eigenvalue weighted by atomic mass is 16.5. The molecule has 2 rings (SSSR count). The third kappa shape index (κ3) is 2.00. The van der Waals surface area contributed by atoms with E-state index in [-0.39, 0.29) is 6.04 Å². The summed E-state index contributed by atoms with van der Waals surface area (Å²) in [5.74, 6) is 0.525. The molecule has 1 aromatic carbocycles. The van der Waals surface area contributed by atoms with Crippen molar-refractivity contribution >= 4 is 11.1 Å². The third-order valence-electron chi connectivity index (χ3n) is 2.22. The molecule has 0 saturated heterocycles. The molecule has 4 nitrogen and oxygen atoms in total. The number of aromatic nitrogens is 1. The van der Waals surface area contributed by atoms with Crippen molar-refractivity contribution < 1.29 is 9.15 Å². The first kappa shape index (κ1) is 10.1. The van der Waals surface area contributed by atoms with Crippen molar-refractivity contribution in [3.63, 3.8) is 0 Å². The Morgan fingerprint density at radius 3 is 3.07 bits per heavy atom. The molecule has 0 aliphatic heterocycles. The van der Waals surface area contributed by atoms with Crippen LogP contribution in [0, 0.1) is 6.92 Å². The van der Waals surface area contributed by atoms with Gasteiger partial charge in [-0.05, 0) is 24.6 Å². The smallest absolute Gasteiger partial charge is 0.214 e. The van der Waals surface area contributed by atoms with Crippen LogP contribution in [0.15, 0.2) is 22.6 Å². The van der Waals surface area contributed by atoms with Gasteiger partial charge in [0.25, 0.3) is 0 Å². The van der Waals surface area contributed by atoms with Crippen LogP contribution in [-0.4, -0.2) is 18.7 Å². The van der Waals surface area contributed by atoms with E-state index >= 15 is 0 Å². The molecule has 0 spiro atoms. The monoisotopic (exact) mass is 206 g/mol. The minimum Gasteiger partial charge on any atom is -0.439 e. The van der Waals surface area contributed by atoms with E-state index in [0.29, 0.717) is 12.5 Å². The van der Waals surface area contributed by atoms with Crippen LogP contribution in [-0.2, 0) is 4.74 Å². The van der Waals surface area contributed by atoms with Crippen molar-refractivity contribution in [1.29, 1.82) is 0 Å². The lowest BCUT2D eigenvalue weighted by Crippen LogP contribution is -2.16. The summed E-state index contributed by atoms with van der Waals surface area (Å²) in [5.41, 5.74) is 8.58. The Bertz CT molecular complexity index is 465. The Morgan fingerprint density at radius 2 is 2.33 bits per heavy atom. The molecule has 0 amide bonds. The molecule has 4 heteroatoms. The number of nitrogens with two attached hydrogens (primary N) is 1. The average molecular weight is 206 g/mol. The first-order valence-electron chi connectivity index (χ1n) is 4.82. The van der Waals surface area contributed by atoms with Crippen LogP contribution >= 0.6 is 0 Å². The van der Waals surface area contributed by atoms with Gasteiger partial charge in [-0.25, -0.2) is 4.98 Å². The van der Waals surface area contributed by atoms with Crippen molar-refractivity contribution in [2.24, 2.45) is 5.73 Å². The van der Waals surface area contributed by atoms with Crippen molar-refractivity contribution in [3.05, 3.63) is 29.7 Å². The summed E-state index contributed by atoms with van der Waals surface area (Å²) in [6.45, 7) is 2.42. The largest absolute Gasteiger partial charge is 0.439 e. The van der Waals surface area contributed by atoms with Crippen LogP contribution < -0.4 is 5.73 Å². The second-order valence-corrected chi connectivity index (χ2v) is 3.59.